The van der Waals surface area contributed by atoms with Crippen molar-refractivity contribution in [3.8, 4) is 0 Å². The molecule has 3 heterocycles. The van der Waals surface area contributed by atoms with Crippen LogP contribution in [0.5, 0.6) is 0 Å². The van der Waals surface area contributed by atoms with E-state index in [4.69, 9.17) is 4.74 Å². The second kappa shape index (κ2) is 7.80. The molecule has 0 saturated carbocycles. The average Bonchev–Trinajstić information content (AvgIpc) is 2.96. The van der Waals surface area contributed by atoms with Gasteiger partial charge >= 0.3 is 0 Å². The largest absolute Gasteiger partial charge is 0.373 e. The van der Waals surface area contributed by atoms with E-state index in [1.807, 2.05) is 4.90 Å². The molecule has 3 unspecified atom stereocenters. The van der Waals surface area contributed by atoms with E-state index < -0.39 is 0 Å². The fourth-order valence-corrected chi connectivity index (χ4v) is 4.15. The Bertz CT molecular complexity index is 463. The Morgan fingerprint density at radius 2 is 2.00 bits per heavy atom. The number of nitrogens with one attached hydrogen (secondary N) is 1. The van der Waals surface area contributed by atoms with Crippen LogP contribution in [0.2, 0.25) is 0 Å². The number of hydrogen-bond acceptors (Lipinski definition) is 5. The number of rotatable bonds is 4. The van der Waals surface area contributed by atoms with Gasteiger partial charge in [-0.1, -0.05) is 0 Å². The summed E-state index contributed by atoms with van der Waals surface area (Å²) in [5.74, 6) is 0.128. The summed E-state index contributed by atoms with van der Waals surface area (Å²) >= 11 is 0. The molecule has 3 saturated heterocycles. The molecular formula is C17H30N4O3. The summed E-state index contributed by atoms with van der Waals surface area (Å²) in [7, 11) is 0. The van der Waals surface area contributed by atoms with Crippen LogP contribution in [0.1, 0.15) is 26.7 Å². The van der Waals surface area contributed by atoms with E-state index in [0.717, 1.165) is 45.6 Å². The molecule has 0 aromatic rings. The van der Waals surface area contributed by atoms with E-state index >= 15 is 0 Å². The molecule has 0 bridgehead atoms. The Labute approximate surface area is 144 Å². The Morgan fingerprint density at radius 3 is 2.71 bits per heavy atom. The molecule has 2 amide bonds. The first-order valence-corrected chi connectivity index (χ1v) is 9.18. The standard InChI is InChI=1S/C17H30N4O3/c1-13-9-19(10-14(2)24-13)11-15-4-3-6-21(15)17(23)12-20-7-5-18-8-16(20)22/h13-15,18H,3-12H2,1-2H3. The van der Waals surface area contributed by atoms with E-state index in [9.17, 15) is 9.59 Å². The van der Waals surface area contributed by atoms with Crippen molar-refractivity contribution >= 4 is 11.8 Å². The summed E-state index contributed by atoms with van der Waals surface area (Å²) in [6, 6.07) is 0.271. The van der Waals surface area contributed by atoms with Crippen molar-refractivity contribution in [1.29, 1.82) is 0 Å². The van der Waals surface area contributed by atoms with Crippen LogP contribution in [0.25, 0.3) is 0 Å². The molecule has 3 aliphatic rings. The molecule has 7 nitrogen and oxygen atoms in total. The summed E-state index contributed by atoms with van der Waals surface area (Å²) in [5.41, 5.74) is 0. The van der Waals surface area contributed by atoms with Gasteiger partial charge < -0.3 is 19.9 Å². The molecule has 7 heteroatoms. The zero-order chi connectivity index (χ0) is 17.1. The lowest BCUT2D eigenvalue weighted by molar-refractivity contribution is -0.142. The van der Waals surface area contributed by atoms with Gasteiger partial charge in [0.2, 0.25) is 11.8 Å². The fourth-order valence-electron chi connectivity index (χ4n) is 4.15. The van der Waals surface area contributed by atoms with Gasteiger partial charge in [-0.3, -0.25) is 14.5 Å². The van der Waals surface area contributed by atoms with Crippen LogP contribution in [-0.2, 0) is 14.3 Å². The van der Waals surface area contributed by atoms with Crippen molar-refractivity contribution in [2.24, 2.45) is 0 Å². The van der Waals surface area contributed by atoms with Gasteiger partial charge in [0, 0.05) is 45.3 Å². The van der Waals surface area contributed by atoms with E-state index in [0.29, 0.717) is 13.1 Å². The highest BCUT2D eigenvalue weighted by molar-refractivity contribution is 5.86. The molecule has 24 heavy (non-hydrogen) atoms. The van der Waals surface area contributed by atoms with Crippen molar-refractivity contribution in [2.75, 3.05) is 52.4 Å². The number of carbonyl (C=O) groups excluding carboxylic acids is 2. The number of ether oxygens (including phenoxy) is 1. The maximum absolute atomic E-state index is 12.7. The molecule has 0 radical (unpaired) electrons. The fraction of sp³-hybridized carbons (Fsp3) is 0.882. The van der Waals surface area contributed by atoms with Gasteiger partial charge in [0.15, 0.2) is 0 Å². The van der Waals surface area contributed by atoms with Crippen molar-refractivity contribution in [3.05, 3.63) is 0 Å². The summed E-state index contributed by atoms with van der Waals surface area (Å²) in [6.45, 7) is 9.78. The molecule has 136 valence electrons. The number of morpholine rings is 1. The minimum atomic E-state index is 0.0289. The first-order valence-electron chi connectivity index (χ1n) is 9.18. The normalized spacial score (nSPS) is 32.4. The van der Waals surface area contributed by atoms with Crippen LogP contribution in [0.15, 0.2) is 0 Å². The van der Waals surface area contributed by atoms with Gasteiger partial charge in [-0.25, -0.2) is 0 Å². The second-order valence-corrected chi connectivity index (χ2v) is 7.35. The van der Waals surface area contributed by atoms with Gasteiger partial charge in [-0.15, -0.1) is 0 Å². The minimum absolute atomic E-state index is 0.0289. The average molecular weight is 338 g/mol. The third-order valence-corrected chi connectivity index (χ3v) is 5.18. The molecular weight excluding hydrogens is 308 g/mol. The van der Waals surface area contributed by atoms with Gasteiger partial charge in [0.25, 0.3) is 0 Å². The monoisotopic (exact) mass is 338 g/mol. The van der Waals surface area contributed by atoms with Crippen molar-refractivity contribution < 1.29 is 14.3 Å². The molecule has 3 fully saturated rings. The quantitative estimate of drug-likeness (QED) is 0.750. The first-order chi connectivity index (χ1) is 11.5. The van der Waals surface area contributed by atoms with Crippen LogP contribution >= 0.6 is 0 Å². The van der Waals surface area contributed by atoms with Gasteiger partial charge in [-0.2, -0.15) is 0 Å². The van der Waals surface area contributed by atoms with Crippen LogP contribution in [0.4, 0.5) is 0 Å². The minimum Gasteiger partial charge on any atom is -0.373 e. The molecule has 3 aliphatic heterocycles. The highest BCUT2D eigenvalue weighted by Gasteiger charge is 2.33. The lowest BCUT2D eigenvalue weighted by Crippen LogP contribution is -2.54. The smallest absolute Gasteiger partial charge is 0.242 e. The van der Waals surface area contributed by atoms with Crippen LogP contribution < -0.4 is 5.32 Å². The topological polar surface area (TPSA) is 65.1 Å². The molecule has 3 rings (SSSR count). The predicted octanol–water partition coefficient (Wildman–Crippen LogP) is -0.482. The van der Waals surface area contributed by atoms with Crippen LogP contribution in [0, 0.1) is 0 Å². The van der Waals surface area contributed by atoms with Crippen molar-refractivity contribution in [2.45, 2.75) is 44.9 Å². The van der Waals surface area contributed by atoms with E-state index in [2.05, 4.69) is 24.1 Å². The Hall–Kier alpha value is -1.18. The number of hydrogen-bond donors (Lipinski definition) is 1. The summed E-state index contributed by atoms with van der Waals surface area (Å²) in [6.07, 6.45) is 2.61. The third kappa shape index (κ3) is 4.26. The van der Waals surface area contributed by atoms with E-state index in [1.165, 1.54) is 0 Å². The SMILES string of the molecule is CC1CN(CC2CCCN2C(=O)CN2CCNCC2=O)CC(C)O1. The molecule has 0 aromatic heterocycles. The maximum atomic E-state index is 12.7. The highest BCUT2D eigenvalue weighted by Crippen LogP contribution is 2.21. The molecule has 0 aromatic carbocycles. The first kappa shape index (κ1) is 17.6. The number of piperazine rings is 1. The predicted molar refractivity (Wildman–Crippen MR) is 90.6 cm³/mol. The molecule has 3 atom stereocenters. The van der Waals surface area contributed by atoms with E-state index in [-0.39, 0.29) is 36.6 Å². The van der Waals surface area contributed by atoms with Crippen molar-refractivity contribution in [3.63, 3.8) is 0 Å². The highest BCUT2D eigenvalue weighted by atomic mass is 16.5. The number of nitrogens with zero attached hydrogens (tertiary/aromatic N) is 3. The number of likely N-dealkylation sites (tertiary alicyclic amines) is 1. The Kier molecular flexibility index (Phi) is 5.73. The van der Waals surface area contributed by atoms with Crippen molar-refractivity contribution in [1.82, 2.24) is 20.0 Å². The summed E-state index contributed by atoms with van der Waals surface area (Å²) in [4.78, 5) is 30.7. The molecule has 0 spiro atoms. The number of amides is 2. The lowest BCUT2D eigenvalue weighted by Gasteiger charge is -2.38. The molecule has 0 aliphatic carbocycles. The van der Waals surface area contributed by atoms with Gasteiger partial charge in [0.1, 0.15) is 0 Å². The zero-order valence-electron chi connectivity index (χ0n) is 14.9. The van der Waals surface area contributed by atoms with Crippen LogP contribution in [0.3, 0.4) is 0 Å². The Balaban J connectivity index is 1.54. The Morgan fingerprint density at radius 1 is 1.25 bits per heavy atom. The summed E-state index contributed by atoms with van der Waals surface area (Å²) < 4.78 is 5.80. The zero-order valence-corrected chi connectivity index (χ0v) is 14.9. The van der Waals surface area contributed by atoms with Gasteiger partial charge in [0.05, 0.1) is 25.3 Å². The second-order valence-electron chi connectivity index (χ2n) is 7.35. The maximum Gasteiger partial charge on any atom is 0.242 e. The number of carbonyl (C=O) groups is 2. The summed E-state index contributed by atoms with van der Waals surface area (Å²) in [5, 5.41) is 3.04. The third-order valence-electron chi connectivity index (χ3n) is 5.18. The van der Waals surface area contributed by atoms with E-state index in [1.54, 1.807) is 4.90 Å². The van der Waals surface area contributed by atoms with Gasteiger partial charge in [-0.05, 0) is 26.7 Å². The molecule has 1 N–H and O–H groups in total. The van der Waals surface area contributed by atoms with Crippen LogP contribution in [-0.4, -0.2) is 97.1 Å². The lowest BCUT2D eigenvalue weighted by atomic mass is 10.1.